The summed E-state index contributed by atoms with van der Waals surface area (Å²) in [6.07, 6.45) is 2.92. The topological polar surface area (TPSA) is 24.4 Å². The minimum Gasteiger partial charge on any atom is -0.307 e. The fourth-order valence-electron chi connectivity index (χ4n) is 1.15. The highest BCUT2D eigenvalue weighted by Gasteiger charge is 2.01. The third-order valence-corrected chi connectivity index (χ3v) is 1.71. The van der Waals surface area contributed by atoms with Crippen LogP contribution in [0.25, 0.3) is 0 Å². The van der Waals surface area contributed by atoms with Crippen molar-refractivity contribution in [2.24, 2.45) is 4.99 Å². The molecule has 0 amide bonds. The monoisotopic (exact) mass is 145 g/mol. The maximum atomic E-state index is 4.17. The number of aliphatic imine (C=N–C) groups is 1. The molecule has 2 nitrogen and oxygen atoms in total. The summed E-state index contributed by atoms with van der Waals surface area (Å²) in [5.74, 6) is 0. The average molecular weight is 145 g/mol. The Kier molecular flexibility index (Phi) is 1.69. The third kappa shape index (κ3) is 1.30. The van der Waals surface area contributed by atoms with Crippen molar-refractivity contribution in [3.63, 3.8) is 0 Å². The standard InChI is InChI=1S/C9H9N2/c1-2-4-9-8(3-1)7-10-5-6-11-9/h1-4,10H,5,7H2. The van der Waals surface area contributed by atoms with Gasteiger partial charge in [0.25, 0.3) is 0 Å². The first-order valence-electron chi connectivity index (χ1n) is 3.69. The second-order valence-corrected chi connectivity index (χ2v) is 2.50. The molecule has 11 heavy (non-hydrogen) atoms. The van der Waals surface area contributed by atoms with Crippen molar-refractivity contribution in [1.29, 1.82) is 0 Å². The summed E-state index contributed by atoms with van der Waals surface area (Å²) in [6.45, 7) is 1.64. The Bertz CT molecular complexity index is 279. The van der Waals surface area contributed by atoms with Gasteiger partial charge in [0.05, 0.1) is 11.9 Å². The Morgan fingerprint density at radius 2 is 2.27 bits per heavy atom. The van der Waals surface area contributed by atoms with Crippen LogP contribution in [-0.2, 0) is 6.54 Å². The van der Waals surface area contributed by atoms with E-state index in [1.54, 1.807) is 0 Å². The van der Waals surface area contributed by atoms with Crippen molar-refractivity contribution in [3.05, 3.63) is 29.8 Å². The molecular formula is C9H9N2. The van der Waals surface area contributed by atoms with Gasteiger partial charge in [-0.2, -0.15) is 0 Å². The second-order valence-electron chi connectivity index (χ2n) is 2.50. The van der Waals surface area contributed by atoms with Gasteiger partial charge in [-0.1, -0.05) is 18.2 Å². The number of hydrogen-bond acceptors (Lipinski definition) is 2. The molecule has 1 radical (unpaired) electrons. The van der Waals surface area contributed by atoms with Gasteiger partial charge < -0.3 is 5.32 Å². The molecule has 0 saturated heterocycles. The molecule has 0 unspecified atom stereocenters. The normalized spacial score (nSPS) is 15.6. The molecule has 0 spiro atoms. The van der Waals surface area contributed by atoms with E-state index < -0.39 is 0 Å². The first kappa shape index (κ1) is 6.55. The lowest BCUT2D eigenvalue weighted by molar-refractivity contribution is 0.790. The molecule has 0 aromatic heterocycles. The Labute approximate surface area is 66.0 Å². The van der Waals surface area contributed by atoms with Crippen LogP contribution in [-0.4, -0.2) is 12.8 Å². The van der Waals surface area contributed by atoms with E-state index in [4.69, 9.17) is 0 Å². The summed E-state index contributed by atoms with van der Waals surface area (Å²) in [6, 6.07) is 8.12. The number of rotatable bonds is 0. The van der Waals surface area contributed by atoms with Crippen LogP contribution in [0, 0.1) is 0 Å². The summed E-state index contributed by atoms with van der Waals surface area (Å²) in [5.41, 5.74) is 2.29. The molecule has 2 heteroatoms. The summed E-state index contributed by atoms with van der Waals surface area (Å²) in [4.78, 5) is 4.17. The van der Waals surface area contributed by atoms with Crippen molar-refractivity contribution in [1.82, 2.24) is 5.32 Å². The van der Waals surface area contributed by atoms with Crippen LogP contribution >= 0.6 is 0 Å². The molecule has 1 aromatic rings. The quantitative estimate of drug-likeness (QED) is 0.585. The number of fused-ring (bicyclic) bond motifs is 1. The lowest BCUT2D eigenvalue weighted by Gasteiger charge is -2.00. The van der Waals surface area contributed by atoms with Gasteiger partial charge in [-0.15, -0.1) is 0 Å². The first-order valence-corrected chi connectivity index (χ1v) is 3.69. The van der Waals surface area contributed by atoms with Crippen LogP contribution in [0.5, 0.6) is 0 Å². The van der Waals surface area contributed by atoms with E-state index >= 15 is 0 Å². The lowest BCUT2D eigenvalue weighted by atomic mass is 10.2. The maximum Gasteiger partial charge on any atom is 0.0777 e. The van der Waals surface area contributed by atoms with Crippen LogP contribution in [0.4, 0.5) is 5.69 Å². The summed E-state index contributed by atoms with van der Waals surface area (Å²) < 4.78 is 0. The fraction of sp³-hybridized carbons (Fsp3) is 0.222. The van der Waals surface area contributed by atoms with E-state index in [0.717, 1.165) is 18.8 Å². The lowest BCUT2D eigenvalue weighted by Crippen LogP contribution is -2.13. The average Bonchev–Trinajstić information content (AvgIpc) is 2.28. The molecule has 1 aliphatic heterocycles. The van der Waals surface area contributed by atoms with E-state index in [9.17, 15) is 0 Å². The summed E-state index contributed by atoms with van der Waals surface area (Å²) in [7, 11) is 0. The van der Waals surface area contributed by atoms with Crippen LogP contribution in [0.15, 0.2) is 29.3 Å². The first-order chi connectivity index (χ1) is 5.47. The summed E-state index contributed by atoms with van der Waals surface area (Å²) in [5, 5.41) is 3.20. The predicted molar refractivity (Wildman–Crippen MR) is 45.2 cm³/mol. The fourth-order valence-corrected chi connectivity index (χ4v) is 1.15. The molecule has 0 saturated carbocycles. The van der Waals surface area contributed by atoms with E-state index in [1.165, 1.54) is 5.56 Å². The zero-order chi connectivity index (χ0) is 7.52. The van der Waals surface area contributed by atoms with Gasteiger partial charge in [0.2, 0.25) is 0 Å². The smallest absolute Gasteiger partial charge is 0.0777 e. The van der Waals surface area contributed by atoms with Gasteiger partial charge in [-0.05, 0) is 11.6 Å². The number of nitrogens with one attached hydrogen (secondary N) is 1. The number of nitrogens with zero attached hydrogens (tertiary/aromatic N) is 1. The van der Waals surface area contributed by atoms with Crippen LogP contribution in [0.2, 0.25) is 0 Å². The van der Waals surface area contributed by atoms with Gasteiger partial charge in [-0.3, -0.25) is 0 Å². The zero-order valence-electron chi connectivity index (χ0n) is 6.17. The van der Waals surface area contributed by atoms with Crippen molar-refractivity contribution in [3.8, 4) is 0 Å². The molecule has 55 valence electrons. The van der Waals surface area contributed by atoms with Crippen molar-refractivity contribution in [2.45, 2.75) is 6.54 Å². The molecular weight excluding hydrogens is 136 g/mol. The number of para-hydroxylation sites is 1. The molecule has 2 rings (SSSR count). The number of hydrogen-bond donors (Lipinski definition) is 1. The van der Waals surface area contributed by atoms with Crippen LogP contribution in [0.1, 0.15) is 5.56 Å². The predicted octanol–water partition coefficient (Wildman–Crippen LogP) is 1.37. The molecule has 0 atom stereocenters. The van der Waals surface area contributed by atoms with Crippen LogP contribution in [0.3, 0.4) is 0 Å². The second kappa shape index (κ2) is 2.84. The Balaban J connectivity index is 2.45. The third-order valence-electron chi connectivity index (χ3n) is 1.71. The summed E-state index contributed by atoms with van der Waals surface area (Å²) >= 11 is 0. The van der Waals surface area contributed by atoms with Gasteiger partial charge in [-0.25, -0.2) is 4.99 Å². The van der Waals surface area contributed by atoms with Crippen molar-refractivity contribution < 1.29 is 0 Å². The van der Waals surface area contributed by atoms with Gasteiger partial charge >= 0.3 is 0 Å². The maximum absolute atomic E-state index is 4.17. The van der Waals surface area contributed by atoms with E-state index in [1.807, 2.05) is 18.2 Å². The highest BCUT2D eigenvalue weighted by atomic mass is 14.9. The Morgan fingerprint density at radius 1 is 1.36 bits per heavy atom. The molecule has 0 aliphatic carbocycles. The van der Waals surface area contributed by atoms with Gasteiger partial charge in [0.15, 0.2) is 0 Å². The molecule has 0 bridgehead atoms. The van der Waals surface area contributed by atoms with Crippen molar-refractivity contribution in [2.75, 3.05) is 6.54 Å². The number of benzene rings is 1. The zero-order valence-corrected chi connectivity index (χ0v) is 6.17. The Morgan fingerprint density at radius 3 is 3.27 bits per heavy atom. The minimum absolute atomic E-state index is 0.745. The highest BCUT2D eigenvalue weighted by molar-refractivity contribution is 5.67. The minimum atomic E-state index is 0.745. The molecule has 1 N–H and O–H groups in total. The largest absolute Gasteiger partial charge is 0.307 e. The van der Waals surface area contributed by atoms with E-state index in [2.05, 4.69) is 22.6 Å². The molecule has 1 aromatic carbocycles. The molecule has 1 aliphatic rings. The Hall–Kier alpha value is -1.15. The van der Waals surface area contributed by atoms with Crippen LogP contribution < -0.4 is 5.32 Å². The van der Waals surface area contributed by atoms with Gasteiger partial charge in [0.1, 0.15) is 0 Å². The van der Waals surface area contributed by atoms with E-state index in [-0.39, 0.29) is 0 Å². The highest BCUT2D eigenvalue weighted by Crippen LogP contribution is 2.18. The molecule has 1 heterocycles. The van der Waals surface area contributed by atoms with E-state index in [0.29, 0.717) is 0 Å². The molecule has 0 fully saturated rings. The SMILES string of the molecule is [C]1=Nc2ccccc2CNC1. The van der Waals surface area contributed by atoms with Crippen molar-refractivity contribution >= 4 is 11.9 Å². The van der Waals surface area contributed by atoms with Gasteiger partial charge in [0, 0.05) is 13.1 Å².